The summed E-state index contributed by atoms with van der Waals surface area (Å²) in [5.74, 6) is -0.856. The molecule has 1 saturated carbocycles. The first-order valence-electron chi connectivity index (χ1n) is 7.04. The molecule has 116 valence electrons. The summed E-state index contributed by atoms with van der Waals surface area (Å²) in [6.07, 6.45) is 3.27. The van der Waals surface area contributed by atoms with Crippen LogP contribution < -0.4 is 10.1 Å². The zero-order valence-electron chi connectivity index (χ0n) is 11.6. The lowest BCUT2D eigenvalue weighted by molar-refractivity contribution is -0.143. The molecule has 1 aliphatic rings. The van der Waals surface area contributed by atoms with Crippen LogP contribution in [0.5, 0.6) is 5.75 Å². The van der Waals surface area contributed by atoms with Gasteiger partial charge >= 0.3 is 12.6 Å². The molecule has 0 aromatic heterocycles. The zero-order chi connectivity index (χ0) is 15.2. The van der Waals surface area contributed by atoms with Crippen molar-refractivity contribution in [3.63, 3.8) is 0 Å². The van der Waals surface area contributed by atoms with Crippen LogP contribution >= 0.6 is 0 Å². The Morgan fingerprint density at radius 1 is 1.33 bits per heavy atom. The number of hydrogen-bond donors (Lipinski definition) is 2. The van der Waals surface area contributed by atoms with Crippen LogP contribution in [0.2, 0.25) is 0 Å². The van der Waals surface area contributed by atoms with Crippen LogP contribution in [0.1, 0.15) is 31.2 Å². The quantitative estimate of drug-likeness (QED) is 0.847. The third-order valence-electron chi connectivity index (χ3n) is 3.77. The van der Waals surface area contributed by atoms with Gasteiger partial charge < -0.3 is 15.2 Å². The minimum absolute atomic E-state index is 0.136. The molecule has 0 heterocycles. The Bertz CT molecular complexity index is 464. The largest absolute Gasteiger partial charge is 0.481 e. The van der Waals surface area contributed by atoms with Gasteiger partial charge in [0, 0.05) is 12.6 Å². The molecule has 2 N–H and O–H groups in total. The minimum atomic E-state index is -2.82. The topological polar surface area (TPSA) is 58.6 Å². The summed E-state index contributed by atoms with van der Waals surface area (Å²) >= 11 is 0. The lowest BCUT2D eigenvalue weighted by atomic mass is 9.86. The molecular weight excluding hydrogens is 280 g/mol. The third kappa shape index (κ3) is 4.97. The maximum absolute atomic E-state index is 12.0. The molecular formula is C15H19F2NO3. The van der Waals surface area contributed by atoms with E-state index in [1.807, 2.05) is 0 Å². The van der Waals surface area contributed by atoms with Gasteiger partial charge in [-0.05, 0) is 37.0 Å². The molecule has 6 heteroatoms. The molecule has 1 aromatic carbocycles. The number of halogens is 2. The Balaban J connectivity index is 1.81. The molecule has 2 rings (SSSR count). The maximum Gasteiger partial charge on any atom is 0.387 e. The maximum atomic E-state index is 12.0. The molecule has 4 nitrogen and oxygen atoms in total. The first-order valence-corrected chi connectivity index (χ1v) is 7.04. The lowest BCUT2D eigenvalue weighted by Gasteiger charge is -2.27. The number of hydrogen-bond acceptors (Lipinski definition) is 3. The standard InChI is InChI=1S/C15H19F2NO3/c16-15(17)21-13-6-4-10(5-7-13)9-18-12-3-1-2-11(8-12)14(19)20/h4-7,11-12,15,18H,1-3,8-9H2,(H,19,20). The van der Waals surface area contributed by atoms with Crippen molar-refractivity contribution in [2.24, 2.45) is 5.92 Å². The second-order valence-corrected chi connectivity index (χ2v) is 5.30. The van der Waals surface area contributed by atoms with Crippen molar-refractivity contribution < 1.29 is 23.4 Å². The van der Waals surface area contributed by atoms with Gasteiger partial charge in [-0.2, -0.15) is 8.78 Å². The number of carbonyl (C=O) groups is 1. The van der Waals surface area contributed by atoms with Crippen LogP contribution in [0.3, 0.4) is 0 Å². The van der Waals surface area contributed by atoms with E-state index in [9.17, 15) is 13.6 Å². The summed E-state index contributed by atoms with van der Waals surface area (Å²) in [5, 5.41) is 12.4. The van der Waals surface area contributed by atoms with Gasteiger partial charge in [0.05, 0.1) is 5.92 Å². The van der Waals surface area contributed by atoms with Gasteiger partial charge in [0.2, 0.25) is 0 Å². The smallest absolute Gasteiger partial charge is 0.387 e. The summed E-state index contributed by atoms with van der Waals surface area (Å²) < 4.78 is 28.3. The molecule has 1 fully saturated rings. The van der Waals surface area contributed by atoms with E-state index in [2.05, 4.69) is 10.1 Å². The molecule has 0 saturated heterocycles. The molecule has 21 heavy (non-hydrogen) atoms. The lowest BCUT2D eigenvalue weighted by Crippen LogP contribution is -2.36. The predicted octanol–water partition coefficient (Wildman–Crippen LogP) is 3.02. The Morgan fingerprint density at radius 3 is 2.67 bits per heavy atom. The van der Waals surface area contributed by atoms with E-state index in [0.717, 1.165) is 24.8 Å². The van der Waals surface area contributed by atoms with Crippen LogP contribution in [0.4, 0.5) is 8.78 Å². The number of carboxylic acids is 1. The monoisotopic (exact) mass is 299 g/mol. The molecule has 0 bridgehead atoms. The second kappa shape index (κ2) is 7.36. The number of benzene rings is 1. The Morgan fingerprint density at radius 2 is 2.05 bits per heavy atom. The third-order valence-corrected chi connectivity index (χ3v) is 3.77. The van der Waals surface area contributed by atoms with E-state index in [4.69, 9.17) is 5.11 Å². The van der Waals surface area contributed by atoms with Crippen molar-refractivity contribution in [1.29, 1.82) is 0 Å². The van der Waals surface area contributed by atoms with E-state index >= 15 is 0 Å². The fourth-order valence-corrected chi connectivity index (χ4v) is 2.65. The van der Waals surface area contributed by atoms with Gasteiger partial charge in [-0.15, -0.1) is 0 Å². The number of nitrogens with one attached hydrogen (secondary N) is 1. The van der Waals surface area contributed by atoms with Crippen molar-refractivity contribution in [3.8, 4) is 5.75 Å². The number of carboxylic acid groups (broad SMARTS) is 1. The van der Waals surface area contributed by atoms with E-state index < -0.39 is 12.6 Å². The van der Waals surface area contributed by atoms with Crippen molar-refractivity contribution in [2.45, 2.75) is 44.9 Å². The SMILES string of the molecule is O=C(O)C1CCCC(NCc2ccc(OC(F)F)cc2)C1. The van der Waals surface area contributed by atoms with E-state index in [0.29, 0.717) is 13.0 Å². The molecule has 0 aliphatic heterocycles. The van der Waals surface area contributed by atoms with Gasteiger partial charge in [-0.1, -0.05) is 18.6 Å². The molecule has 0 radical (unpaired) electrons. The summed E-state index contributed by atoms with van der Waals surface area (Å²) in [6, 6.07) is 6.65. The van der Waals surface area contributed by atoms with E-state index in [1.165, 1.54) is 12.1 Å². The fourth-order valence-electron chi connectivity index (χ4n) is 2.65. The number of rotatable bonds is 6. The van der Waals surface area contributed by atoms with Crippen molar-refractivity contribution >= 4 is 5.97 Å². The van der Waals surface area contributed by atoms with Gasteiger partial charge in [-0.3, -0.25) is 4.79 Å². The number of ether oxygens (including phenoxy) is 1. The summed E-state index contributed by atoms with van der Waals surface area (Å²) in [6.45, 7) is -2.23. The highest BCUT2D eigenvalue weighted by Gasteiger charge is 2.26. The molecule has 2 atom stereocenters. The second-order valence-electron chi connectivity index (χ2n) is 5.30. The van der Waals surface area contributed by atoms with Gasteiger partial charge in [0.25, 0.3) is 0 Å². The van der Waals surface area contributed by atoms with E-state index in [-0.39, 0.29) is 17.7 Å². The molecule has 2 unspecified atom stereocenters. The molecule has 0 spiro atoms. The van der Waals surface area contributed by atoms with Gasteiger partial charge in [0.15, 0.2) is 0 Å². The Labute approximate surface area is 122 Å². The molecule has 1 aromatic rings. The predicted molar refractivity (Wildman–Crippen MR) is 73.3 cm³/mol. The summed E-state index contributed by atoms with van der Waals surface area (Å²) in [7, 11) is 0. The number of aliphatic carboxylic acids is 1. The highest BCUT2D eigenvalue weighted by molar-refractivity contribution is 5.70. The van der Waals surface area contributed by atoms with Crippen LogP contribution in [-0.4, -0.2) is 23.7 Å². The highest BCUT2D eigenvalue weighted by Crippen LogP contribution is 2.24. The number of alkyl halides is 2. The molecule has 0 amide bonds. The highest BCUT2D eigenvalue weighted by atomic mass is 19.3. The molecule has 1 aliphatic carbocycles. The average molecular weight is 299 g/mol. The van der Waals surface area contributed by atoms with Crippen molar-refractivity contribution in [3.05, 3.63) is 29.8 Å². The van der Waals surface area contributed by atoms with Crippen molar-refractivity contribution in [2.75, 3.05) is 0 Å². The fraction of sp³-hybridized carbons (Fsp3) is 0.533. The Kier molecular flexibility index (Phi) is 5.50. The average Bonchev–Trinajstić information content (AvgIpc) is 2.46. The zero-order valence-corrected chi connectivity index (χ0v) is 11.6. The van der Waals surface area contributed by atoms with Gasteiger partial charge in [-0.25, -0.2) is 0 Å². The summed E-state index contributed by atoms with van der Waals surface area (Å²) in [5.41, 5.74) is 0.953. The first kappa shape index (κ1) is 15.7. The van der Waals surface area contributed by atoms with Crippen LogP contribution in [-0.2, 0) is 11.3 Å². The van der Waals surface area contributed by atoms with Crippen LogP contribution in [0.25, 0.3) is 0 Å². The van der Waals surface area contributed by atoms with E-state index in [1.54, 1.807) is 12.1 Å². The Hall–Kier alpha value is -1.69. The minimum Gasteiger partial charge on any atom is -0.481 e. The normalized spacial score (nSPS) is 22.2. The van der Waals surface area contributed by atoms with Gasteiger partial charge in [0.1, 0.15) is 5.75 Å². The van der Waals surface area contributed by atoms with Crippen LogP contribution in [0.15, 0.2) is 24.3 Å². The first-order chi connectivity index (χ1) is 10.0. The van der Waals surface area contributed by atoms with Crippen molar-refractivity contribution in [1.82, 2.24) is 5.32 Å². The summed E-state index contributed by atoms with van der Waals surface area (Å²) in [4.78, 5) is 11.0. The van der Waals surface area contributed by atoms with Crippen LogP contribution in [0, 0.1) is 5.92 Å².